The molecule has 1 unspecified atom stereocenters. The topological polar surface area (TPSA) is 21.8 Å². The summed E-state index contributed by atoms with van der Waals surface area (Å²) in [6, 6.07) is 0. The molecule has 1 aliphatic rings. The molecule has 0 aliphatic carbocycles. The van der Waals surface area contributed by atoms with Gasteiger partial charge in [0, 0.05) is 0 Å². The molecular formula is C10H14O2. The molecule has 1 fully saturated rings. The molecule has 66 valence electrons. The van der Waals surface area contributed by atoms with Gasteiger partial charge in [0.2, 0.25) is 0 Å². The quantitative estimate of drug-likeness (QED) is 0.442. The van der Waals surface area contributed by atoms with Gasteiger partial charge in [-0.05, 0) is 5.57 Å². The highest BCUT2D eigenvalue weighted by Crippen LogP contribution is 2.09. The molecule has 0 aromatic carbocycles. The minimum atomic E-state index is 0.333. The van der Waals surface area contributed by atoms with Crippen LogP contribution in [0.5, 0.6) is 0 Å². The van der Waals surface area contributed by atoms with Gasteiger partial charge in [0.05, 0.1) is 19.8 Å². The molecule has 0 bridgehead atoms. The number of rotatable bonds is 6. The third kappa shape index (κ3) is 3.51. The second-order valence-corrected chi connectivity index (χ2v) is 2.65. The van der Waals surface area contributed by atoms with Gasteiger partial charge in [-0.3, -0.25) is 0 Å². The largest absolute Gasteiger partial charge is 0.374 e. The van der Waals surface area contributed by atoms with Crippen LogP contribution in [0.1, 0.15) is 0 Å². The summed E-state index contributed by atoms with van der Waals surface area (Å²) in [5, 5.41) is 0. The van der Waals surface area contributed by atoms with Gasteiger partial charge in [-0.1, -0.05) is 31.4 Å². The number of hydrogen-bond donors (Lipinski definition) is 0. The van der Waals surface area contributed by atoms with Crippen LogP contribution in [0.2, 0.25) is 0 Å². The number of ether oxygens (including phenoxy) is 2. The Hall–Kier alpha value is -0.860. The minimum Gasteiger partial charge on any atom is -0.374 e. The summed E-state index contributed by atoms with van der Waals surface area (Å²) in [6.45, 7) is 9.38. The summed E-state index contributed by atoms with van der Waals surface area (Å²) >= 11 is 0. The summed E-state index contributed by atoms with van der Waals surface area (Å²) in [7, 11) is 0. The zero-order valence-corrected chi connectivity index (χ0v) is 7.16. The van der Waals surface area contributed by atoms with E-state index in [0.29, 0.717) is 19.3 Å². The van der Waals surface area contributed by atoms with Gasteiger partial charge >= 0.3 is 0 Å². The first-order chi connectivity index (χ1) is 5.86. The highest BCUT2D eigenvalue weighted by atomic mass is 16.6. The molecular weight excluding hydrogens is 152 g/mol. The number of allylic oxidation sites excluding steroid dienone is 2. The van der Waals surface area contributed by atoms with E-state index in [2.05, 4.69) is 13.2 Å². The summed E-state index contributed by atoms with van der Waals surface area (Å²) in [5.74, 6) is 0. The fraction of sp³-hybridized carbons (Fsp3) is 0.400. The second-order valence-electron chi connectivity index (χ2n) is 2.65. The molecule has 0 aromatic rings. The first-order valence-electron chi connectivity index (χ1n) is 4.00. The van der Waals surface area contributed by atoms with Crippen LogP contribution in [-0.4, -0.2) is 25.9 Å². The van der Waals surface area contributed by atoms with E-state index in [1.165, 1.54) is 0 Å². The molecule has 1 heterocycles. The maximum atomic E-state index is 5.35. The average molecular weight is 166 g/mol. The van der Waals surface area contributed by atoms with Gasteiger partial charge < -0.3 is 9.47 Å². The van der Waals surface area contributed by atoms with Gasteiger partial charge in [-0.2, -0.15) is 0 Å². The number of epoxide rings is 1. The maximum Gasteiger partial charge on any atom is 0.104 e. The Labute approximate surface area is 73.2 Å². The number of hydrogen-bond acceptors (Lipinski definition) is 2. The molecule has 1 rings (SSSR count). The first-order valence-corrected chi connectivity index (χ1v) is 4.00. The van der Waals surface area contributed by atoms with Crippen LogP contribution < -0.4 is 0 Å². The van der Waals surface area contributed by atoms with E-state index >= 15 is 0 Å². The van der Waals surface area contributed by atoms with Gasteiger partial charge in [0.15, 0.2) is 0 Å². The minimum absolute atomic E-state index is 0.333. The zero-order chi connectivity index (χ0) is 8.81. The van der Waals surface area contributed by atoms with Crippen LogP contribution in [-0.2, 0) is 9.47 Å². The lowest BCUT2D eigenvalue weighted by atomic mass is 10.2. The van der Waals surface area contributed by atoms with Crippen LogP contribution in [0.15, 0.2) is 37.0 Å². The Kier molecular flexibility index (Phi) is 3.77. The van der Waals surface area contributed by atoms with Crippen LogP contribution in [0.4, 0.5) is 0 Å². The third-order valence-corrected chi connectivity index (χ3v) is 1.57. The molecule has 0 N–H and O–H groups in total. The molecule has 0 amide bonds. The van der Waals surface area contributed by atoms with E-state index in [-0.39, 0.29) is 0 Å². The smallest absolute Gasteiger partial charge is 0.104 e. The van der Waals surface area contributed by atoms with Crippen molar-refractivity contribution >= 4 is 0 Å². The highest BCUT2D eigenvalue weighted by molar-refractivity contribution is 5.21. The van der Waals surface area contributed by atoms with Crippen molar-refractivity contribution < 1.29 is 9.47 Å². The van der Waals surface area contributed by atoms with E-state index in [1.54, 1.807) is 12.2 Å². The van der Waals surface area contributed by atoms with Crippen molar-refractivity contribution in [1.82, 2.24) is 0 Å². The fourth-order valence-corrected chi connectivity index (χ4v) is 0.799. The molecule has 2 nitrogen and oxygen atoms in total. The van der Waals surface area contributed by atoms with Crippen molar-refractivity contribution in [2.45, 2.75) is 6.10 Å². The molecule has 0 spiro atoms. The lowest BCUT2D eigenvalue weighted by Crippen LogP contribution is -2.03. The lowest BCUT2D eigenvalue weighted by Gasteiger charge is -2.01. The maximum absolute atomic E-state index is 5.35. The molecule has 2 heteroatoms. The molecule has 1 aliphatic heterocycles. The van der Waals surface area contributed by atoms with E-state index in [4.69, 9.17) is 9.47 Å². The Balaban J connectivity index is 2.12. The monoisotopic (exact) mass is 166 g/mol. The van der Waals surface area contributed by atoms with Crippen molar-refractivity contribution in [3.05, 3.63) is 37.0 Å². The normalized spacial score (nSPS) is 22.0. The SMILES string of the molecule is C=C/C=C(\C=C)COCC1CO1. The molecule has 1 atom stereocenters. The zero-order valence-electron chi connectivity index (χ0n) is 7.16. The van der Waals surface area contributed by atoms with Crippen LogP contribution >= 0.6 is 0 Å². The van der Waals surface area contributed by atoms with Crippen molar-refractivity contribution in [3.8, 4) is 0 Å². The van der Waals surface area contributed by atoms with Gasteiger partial charge in [-0.15, -0.1) is 0 Å². The predicted molar refractivity (Wildman–Crippen MR) is 49.0 cm³/mol. The molecule has 0 aromatic heterocycles. The summed E-state index contributed by atoms with van der Waals surface area (Å²) in [5.41, 5.74) is 1.05. The van der Waals surface area contributed by atoms with E-state index in [0.717, 1.165) is 12.2 Å². The van der Waals surface area contributed by atoms with Crippen molar-refractivity contribution in [2.75, 3.05) is 19.8 Å². The molecule has 12 heavy (non-hydrogen) atoms. The van der Waals surface area contributed by atoms with Gasteiger partial charge in [0.25, 0.3) is 0 Å². The Morgan fingerprint density at radius 1 is 1.58 bits per heavy atom. The highest BCUT2D eigenvalue weighted by Gasteiger charge is 2.22. The van der Waals surface area contributed by atoms with Crippen molar-refractivity contribution in [3.63, 3.8) is 0 Å². The Morgan fingerprint density at radius 2 is 2.33 bits per heavy atom. The molecule has 0 radical (unpaired) electrons. The molecule has 0 saturated carbocycles. The van der Waals surface area contributed by atoms with Crippen molar-refractivity contribution in [1.29, 1.82) is 0 Å². The fourth-order valence-electron chi connectivity index (χ4n) is 0.799. The van der Waals surface area contributed by atoms with Crippen LogP contribution in [0.25, 0.3) is 0 Å². The third-order valence-electron chi connectivity index (χ3n) is 1.57. The van der Waals surface area contributed by atoms with E-state index < -0.39 is 0 Å². The molecule has 1 saturated heterocycles. The van der Waals surface area contributed by atoms with E-state index in [9.17, 15) is 0 Å². The van der Waals surface area contributed by atoms with Gasteiger partial charge in [-0.25, -0.2) is 0 Å². The van der Waals surface area contributed by atoms with E-state index in [1.807, 2.05) is 6.08 Å². The van der Waals surface area contributed by atoms with Crippen molar-refractivity contribution in [2.24, 2.45) is 0 Å². The van der Waals surface area contributed by atoms with Crippen LogP contribution in [0, 0.1) is 0 Å². The average Bonchev–Trinajstić information content (AvgIpc) is 2.87. The summed E-state index contributed by atoms with van der Waals surface area (Å²) in [6.07, 6.45) is 5.73. The summed E-state index contributed by atoms with van der Waals surface area (Å²) in [4.78, 5) is 0. The lowest BCUT2D eigenvalue weighted by molar-refractivity contribution is 0.137. The van der Waals surface area contributed by atoms with Gasteiger partial charge in [0.1, 0.15) is 6.10 Å². The summed E-state index contributed by atoms with van der Waals surface area (Å²) < 4.78 is 10.3. The Morgan fingerprint density at radius 3 is 2.83 bits per heavy atom. The second kappa shape index (κ2) is 4.91. The Bertz CT molecular complexity index is 190. The first kappa shape index (κ1) is 9.23. The standard InChI is InChI=1S/C10H14O2/c1-3-5-9(4-2)6-11-7-10-8-12-10/h3-5,10H,1-2,6-8H2/b9-5+. The predicted octanol–water partition coefficient (Wildman–Crippen LogP) is 1.70. The van der Waals surface area contributed by atoms with Crippen LogP contribution in [0.3, 0.4) is 0 Å².